The van der Waals surface area contributed by atoms with Crippen molar-refractivity contribution >= 4 is 16.8 Å². The predicted molar refractivity (Wildman–Crippen MR) is 114 cm³/mol. The first-order chi connectivity index (χ1) is 14.2. The van der Waals surface area contributed by atoms with E-state index in [1.165, 1.54) is 11.5 Å². The van der Waals surface area contributed by atoms with E-state index in [1.54, 1.807) is 7.11 Å². The number of H-pyrrole nitrogens is 1. The minimum atomic E-state index is 0.108. The Labute approximate surface area is 171 Å². The summed E-state index contributed by atoms with van der Waals surface area (Å²) in [5.74, 6) is 1.85. The van der Waals surface area contributed by atoms with Gasteiger partial charge in [-0.1, -0.05) is 18.2 Å². The summed E-state index contributed by atoms with van der Waals surface area (Å²) < 4.78 is 7.51. The zero-order valence-electron chi connectivity index (χ0n) is 17.4. The Morgan fingerprint density at radius 1 is 1.28 bits per heavy atom. The number of piperidine rings is 1. The number of hydrogen-bond acceptors (Lipinski definition) is 3. The quantitative estimate of drug-likeness (QED) is 0.620. The molecule has 1 aliphatic heterocycles. The molecule has 3 aromatic rings. The number of methoxy groups -OCH3 is 1. The van der Waals surface area contributed by atoms with Crippen molar-refractivity contribution in [3.05, 3.63) is 53.7 Å². The van der Waals surface area contributed by atoms with Crippen molar-refractivity contribution in [3.63, 3.8) is 0 Å². The first kappa shape index (κ1) is 19.7. The summed E-state index contributed by atoms with van der Waals surface area (Å²) in [6.07, 6.45) is 6.00. The molecule has 4 rings (SSSR count). The van der Waals surface area contributed by atoms with Crippen LogP contribution < -0.4 is 0 Å². The number of para-hydroxylation sites is 1. The van der Waals surface area contributed by atoms with E-state index in [9.17, 15) is 4.79 Å². The third kappa shape index (κ3) is 4.37. The molecule has 2 aromatic heterocycles. The van der Waals surface area contributed by atoms with Gasteiger partial charge in [-0.2, -0.15) is 0 Å². The van der Waals surface area contributed by atoms with E-state index < -0.39 is 0 Å². The van der Waals surface area contributed by atoms with Gasteiger partial charge in [-0.25, -0.2) is 4.98 Å². The van der Waals surface area contributed by atoms with Crippen molar-refractivity contribution in [1.29, 1.82) is 0 Å². The Morgan fingerprint density at radius 3 is 2.83 bits per heavy atom. The van der Waals surface area contributed by atoms with Crippen LogP contribution in [0.25, 0.3) is 10.9 Å². The molecule has 0 aliphatic carbocycles. The van der Waals surface area contributed by atoms with E-state index >= 15 is 0 Å². The Kier molecular flexibility index (Phi) is 6.00. The van der Waals surface area contributed by atoms with Gasteiger partial charge in [0.25, 0.3) is 5.91 Å². The first-order valence-electron chi connectivity index (χ1n) is 10.5. The average Bonchev–Trinajstić information content (AvgIpc) is 3.32. The fraction of sp³-hybridized carbons (Fsp3) is 0.478. The van der Waals surface area contributed by atoms with E-state index in [4.69, 9.17) is 4.74 Å². The molecule has 0 saturated carbocycles. The summed E-state index contributed by atoms with van der Waals surface area (Å²) in [5.41, 5.74) is 2.91. The van der Waals surface area contributed by atoms with Crippen LogP contribution >= 0.6 is 0 Å². The molecule has 0 bridgehead atoms. The van der Waals surface area contributed by atoms with Gasteiger partial charge in [0.1, 0.15) is 11.5 Å². The molecule has 1 saturated heterocycles. The molecule has 154 valence electrons. The number of imidazole rings is 1. The second kappa shape index (κ2) is 8.82. The third-order valence-electron chi connectivity index (χ3n) is 6.00. The Morgan fingerprint density at radius 2 is 2.07 bits per heavy atom. The number of nitrogens with one attached hydrogen (secondary N) is 1. The number of benzene rings is 1. The molecule has 3 heterocycles. The number of amides is 1. The maximum Gasteiger partial charge on any atom is 0.270 e. The van der Waals surface area contributed by atoms with Crippen LogP contribution in [0.2, 0.25) is 0 Å². The third-order valence-corrected chi connectivity index (χ3v) is 6.00. The Balaban J connectivity index is 1.34. The average molecular weight is 395 g/mol. The van der Waals surface area contributed by atoms with Gasteiger partial charge >= 0.3 is 0 Å². The van der Waals surface area contributed by atoms with Crippen molar-refractivity contribution in [2.24, 2.45) is 5.92 Å². The molecule has 1 N–H and O–H groups in total. The molecular formula is C23H30N4O2. The lowest BCUT2D eigenvalue weighted by Crippen LogP contribution is -2.39. The molecular weight excluding hydrogens is 364 g/mol. The van der Waals surface area contributed by atoms with Crippen molar-refractivity contribution in [3.8, 4) is 0 Å². The largest absolute Gasteiger partial charge is 0.385 e. The summed E-state index contributed by atoms with van der Waals surface area (Å²) in [7, 11) is 1.74. The number of ether oxygens (including phenoxy) is 1. The topological polar surface area (TPSA) is 63.1 Å². The number of aromatic amines is 1. The fourth-order valence-electron chi connectivity index (χ4n) is 4.30. The van der Waals surface area contributed by atoms with Gasteiger partial charge < -0.3 is 19.2 Å². The van der Waals surface area contributed by atoms with Crippen LogP contribution in [0.15, 0.2) is 36.5 Å². The van der Waals surface area contributed by atoms with Crippen LogP contribution in [0.3, 0.4) is 0 Å². The molecule has 1 aliphatic rings. The lowest BCUT2D eigenvalue weighted by atomic mass is 9.93. The van der Waals surface area contributed by atoms with Crippen molar-refractivity contribution in [2.75, 3.05) is 26.8 Å². The predicted octanol–water partition coefficient (Wildman–Crippen LogP) is 3.80. The number of aryl methyl sites for hydroxylation is 1. The minimum Gasteiger partial charge on any atom is -0.385 e. The molecule has 0 radical (unpaired) electrons. The maximum atomic E-state index is 12.9. The van der Waals surface area contributed by atoms with Gasteiger partial charge in [-0.15, -0.1) is 0 Å². The van der Waals surface area contributed by atoms with E-state index in [2.05, 4.69) is 21.5 Å². The first-order valence-corrected chi connectivity index (χ1v) is 10.5. The zero-order chi connectivity index (χ0) is 20.2. The van der Waals surface area contributed by atoms with E-state index in [1.807, 2.05) is 41.4 Å². The normalized spacial score (nSPS) is 15.3. The molecule has 0 spiro atoms. The number of carbonyl (C=O) groups is 1. The number of aromatic nitrogens is 3. The number of carbonyl (C=O) groups excluding carboxylic acids is 1. The highest BCUT2D eigenvalue weighted by atomic mass is 16.5. The summed E-state index contributed by atoms with van der Waals surface area (Å²) >= 11 is 0. The molecule has 29 heavy (non-hydrogen) atoms. The summed E-state index contributed by atoms with van der Waals surface area (Å²) in [4.78, 5) is 22.8. The number of nitrogens with zero attached hydrogens (tertiary/aromatic N) is 3. The second-order valence-corrected chi connectivity index (χ2v) is 8.02. The van der Waals surface area contributed by atoms with Gasteiger partial charge in [0.15, 0.2) is 0 Å². The lowest BCUT2D eigenvalue weighted by Gasteiger charge is -2.31. The highest BCUT2D eigenvalue weighted by molar-refractivity contribution is 5.98. The van der Waals surface area contributed by atoms with E-state index in [0.717, 1.165) is 62.8 Å². The SMILES string of the molecule is COCCCn1c(C)cnc1CC1CCN(C(=O)c2cc3ccccc3[nH]2)CC1. The monoisotopic (exact) mass is 394 g/mol. The van der Waals surface area contributed by atoms with Gasteiger partial charge in [0, 0.05) is 62.6 Å². The van der Waals surface area contributed by atoms with Crippen molar-refractivity contribution < 1.29 is 9.53 Å². The van der Waals surface area contributed by atoms with Crippen LogP contribution in [0.4, 0.5) is 0 Å². The number of fused-ring (bicyclic) bond motifs is 1. The van der Waals surface area contributed by atoms with Gasteiger partial charge in [0.2, 0.25) is 0 Å². The smallest absolute Gasteiger partial charge is 0.270 e. The molecule has 1 amide bonds. The van der Waals surface area contributed by atoms with Gasteiger partial charge in [-0.3, -0.25) is 4.79 Å². The highest BCUT2D eigenvalue weighted by Gasteiger charge is 2.25. The maximum absolute atomic E-state index is 12.9. The van der Waals surface area contributed by atoms with E-state index in [0.29, 0.717) is 11.6 Å². The van der Waals surface area contributed by atoms with E-state index in [-0.39, 0.29) is 5.91 Å². The number of likely N-dealkylation sites (tertiary alicyclic amines) is 1. The van der Waals surface area contributed by atoms with Crippen LogP contribution in [0, 0.1) is 12.8 Å². The van der Waals surface area contributed by atoms with Crippen LogP contribution in [-0.4, -0.2) is 52.1 Å². The molecule has 1 fully saturated rings. The van der Waals surface area contributed by atoms with Crippen LogP contribution in [0.5, 0.6) is 0 Å². The molecule has 6 heteroatoms. The molecule has 0 unspecified atom stereocenters. The molecule has 6 nitrogen and oxygen atoms in total. The van der Waals surface area contributed by atoms with Gasteiger partial charge in [-0.05, 0) is 44.2 Å². The zero-order valence-corrected chi connectivity index (χ0v) is 17.4. The Bertz CT molecular complexity index is 933. The van der Waals surface area contributed by atoms with Crippen LogP contribution in [0.1, 0.15) is 41.3 Å². The highest BCUT2D eigenvalue weighted by Crippen LogP contribution is 2.24. The summed E-state index contributed by atoms with van der Waals surface area (Å²) in [6, 6.07) is 9.99. The molecule has 1 aromatic carbocycles. The van der Waals surface area contributed by atoms with Gasteiger partial charge in [0.05, 0.1) is 0 Å². The second-order valence-electron chi connectivity index (χ2n) is 8.02. The van der Waals surface area contributed by atoms with Crippen molar-refractivity contribution in [2.45, 2.75) is 39.2 Å². The van der Waals surface area contributed by atoms with Crippen molar-refractivity contribution in [1.82, 2.24) is 19.4 Å². The number of hydrogen-bond donors (Lipinski definition) is 1. The summed E-state index contributed by atoms with van der Waals surface area (Å²) in [6.45, 7) is 5.45. The lowest BCUT2D eigenvalue weighted by molar-refractivity contribution is 0.0684. The fourth-order valence-corrected chi connectivity index (χ4v) is 4.30. The minimum absolute atomic E-state index is 0.108. The molecule has 0 atom stereocenters. The van der Waals surface area contributed by atoms with Crippen LogP contribution in [-0.2, 0) is 17.7 Å². The Hall–Kier alpha value is -2.60. The number of rotatable bonds is 7. The standard InChI is InChI=1S/C23H30N4O2/c1-17-16-24-22(27(17)10-5-13-29-2)14-18-8-11-26(12-9-18)23(28)21-15-19-6-3-4-7-20(19)25-21/h3-4,6-7,15-16,18,25H,5,8-14H2,1-2H3. The summed E-state index contributed by atoms with van der Waals surface area (Å²) in [5, 5.41) is 1.08.